The third-order valence-electron chi connectivity index (χ3n) is 4.60. The zero-order valence-corrected chi connectivity index (χ0v) is 15.9. The van der Waals surface area contributed by atoms with Gasteiger partial charge in [0.25, 0.3) is 5.91 Å². The predicted molar refractivity (Wildman–Crippen MR) is 102 cm³/mol. The average molecular weight is 418 g/mol. The molecular weight excluding hydrogens is 402 g/mol. The first-order valence-corrected chi connectivity index (χ1v) is 9.77. The van der Waals surface area contributed by atoms with E-state index in [1.807, 2.05) is 0 Å². The zero-order chi connectivity index (χ0) is 20.4. The van der Waals surface area contributed by atoms with Crippen molar-refractivity contribution >= 4 is 28.2 Å². The fourth-order valence-electron chi connectivity index (χ4n) is 3.07. The number of benzene rings is 1. The van der Waals surface area contributed by atoms with E-state index in [-0.39, 0.29) is 22.4 Å². The number of halogens is 2. The van der Waals surface area contributed by atoms with Gasteiger partial charge in [-0.05, 0) is 43.2 Å². The number of rotatable bonds is 5. The summed E-state index contributed by atoms with van der Waals surface area (Å²) in [6.45, 7) is 1.04. The molecule has 1 aliphatic rings. The smallest absolute Gasteiger partial charge is 0.257 e. The molecule has 1 amide bonds. The Bertz CT molecular complexity index is 1040. The number of hydrogen-bond acceptors (Lipinski definition) is 6. The number of thiazole rings is 1. The van der Waals surface area contributed by atoms with Gasteiger partial charge in [-0.2, -0.15) is 0 Å². The predicted octanol–water partition coefficient (Wildman–Crippen LogP) is 4.54. The summed E-state index contributed by atoms with van der Waals surface area (Å²) in [5.74, 6) is -2.68. The highest BCUT2D eigenvalue weighted by Crippen LogP contribution is 2.35. The lowest BCUT2D eigenvalue weighted by Crippen LogP contribution is -2.23. The van der Waals surface area contributed by atoms with E-state index in [1.54, 1.807) is 12.1 Å². The number of carbonyl (C=O) groups excluding carboxylic acids is 2. The Labute approximate surface area is 168 Å². The monoisotopic (exact) mass is 418 g/mol. The lowest BCUT2D eigenvalue weighted by atomic mass is 9.94. The van der Waals surface area contributed by atoms with Crippen LogP contribution in [0.15, 0.2) is 41.0 Å². The van der Waals surface area contributed by atoms with Gasteiger partial charge in [-0.25, -0.2) is 13.8 Å². The van der Waals surface area contributed by atoms with Crippen LogP contribution in [0, 0.1) is 17.6 Å². The van der Waals surface area contributed by atoms with Gasteiger partial charge >= 0.3 is 0 Å². The van der Waals surface area contributed by atoms with Gasteiger partial charge in [0.2, 0.25) is 0 Å². The summed E-state index contributed by atoms with van der Waals surface area (Å²) in [7, 11) is 0. The second kappa shape index (κ2) is 8.22. The molecule has 1 N–H and O–H groups in total. The number of hydrogen-bond donors (Lipinski definition) is 1. The van der Waals surface area contributed by atoms with E-state index in [0.29, 0.717) is 42.4 Å². The molecule has 2 aromatic heterocycles. The van der Waals surface area contributed by atoms with Crippen LogP contribution in [0.4, 0.5) is 13.9 Å². The number of furan rings is 1. The van der Waals surface area contributed by atoms with Crippen molar-refractivity contribution in [3.8, 4) is 11.5 Å². The second-order valence-electron chi connectivity index (χ2n) is 6.51. The summed E-state index contributed by atoms with van der Waals surface area (Å²) in [5, 5.41) is 2.71. The SMILES string of the molecule is O=C(Nc1nc(-c2ccco2)c(C(=O)C2CCOCC2)s1)c1ccc(F)c(F)c1. The van der Waals surface area contributed by atoms with Crippen molar-refractivity contribution in [3.05, 3.63) is 58.7 Å². The van der Waals surface area contributed by atoms with E-state index < -0.39 is 17.5 Å². The van der Waals surface area contributed by atoms with Crippen molar-refractivity contribution in [1.29, 1.82) is 0 Å². The zero-order valence-electron chi connectivity index (χ0n) is 15.1. The van der Waals surface area contributed by atoms with Crippen molar-refractivity contribution < 1.29 is 27.5 Å². The molecule has 0 bridgehead atoms. The van der Waals surface area contributed by atoms with Gasteiger partial charge in [0, 0.05) is 24.7 Å². The number of nitrogens with zero attached hydrogens (tertiary/aromatic N) is 1. The summed E-state index contributed by atoms with van der Waals surface area (Å²) >= 11 is 1.03. The number of ketones is 1. The summed E-state index contributed by atoms with van der Waals surface area (Å²) in [6.07, 6.45) is 2.70. The Morgan fingerprint density at radius 3 is 2.62 bits per heavy atom. The third-order valence-corrected chi connectivity index (χ3v) is 5.59. The topological polar surface area (TPSA) is 81.4 Å². The van der Waals surface area contributed by atoms with Crippen molar-refractivity contribution in [3.63, 3.8) is 0 Å². The van der Waals surface area contributed by atoms with Crippen molar-refractivity contribution in [1.82, 2.24) is 4.98 Å². The Kier molecular flexibility index (Phi) is 5.50. The molecule has 1 fully saturated rings. The first-order valence-electron chi connectivity index (χ1n) is 8.96. The molecular formula is C20H16F2N2O4S. The molecule has 29 heavy (non-hydrogen) atoms. The minimum absolute atomic E-state index is 0.0593. The highest BCUT2D eigenvalue weighted by atomic mass is 32.1. The minimum atomic E-state index is -1.12. The maximum Gasteiger partial charge on any atom is 0.257 e. The molecule has 1 aliphatic heterocycles. The van der Waals surface area contributed by atoms with E-state index >= 15 is 0 Å². The average Bonchev–Trinajstić information content (AvgIpc) is 3.40. The number of ether oxygens (including phenoxy) is 1. The van der Waals surface area contributed by atoms with Gasteiger partial charge in [0.1, 0.15) is 10.6 Å². The molecule has 0 atom stereocenters. The molecule has 0 unspecified atom stereocenters. The van der Waals surface area contributed by atoms with Gasteiger partial charge in [0.05, 0.1) is 6.26 Å². The Hall–Kier alpha value is -2.91. The van der Waals surface area contributed by atoms with E-state index in [1.165, 1.54) is 12.3 Å². The fraction of sp³-hybridized carbons (Fsp3) is 0.250. The Morgan fingerprint density at radius 1 is 1.14 bits per heavy atom. The maximum atomic E-state index is 13.4. The fourth-order valence-corrected chi connectivity index (χ4v) is 4.06. The maximum absolute atomic E-state index is 13.4. The first kappa shape index (κ1) is 19.4. The molecule has 1 saturated heterocycles. The van der Waals surface area contributed by atoms with Crippen LogP contribution in [0.5, 0.6) is 0 Å². The summed E-state index contributed by atoms with van der Waals surface area (Å²) in [4.78, 5) is 30.2. The summed E-state index contributed by atoms with van der Waals surface area (Å²) < 4.78 is 37.2. The summed E-state index contributed by atoms with van der Waals surface area (Å²) in [6, 6.07) is 6.21. The van der Waals surface area contributed by atoms with E-state index in [9.17, 15) is 18.4 Å². The lowest BCUT2D eigenvalue weighted by Gasteiger charge is -2.20. The summed E-state index contributed by atoms with van der Waals surface area (Å²) in [5.41, 5.74) is 0.285. The Balaban J connectivity index is 1.63. The van der Waals surface area contributed by atoms with Crippen LogP contribution in [-0.2, 0) is 4.74 Å². The van der Waals surface area contributed by atoms with Crippen LogP contribution >= 0.6 is 11.3 Å². The number of anilines is 1. The number of aromatic nitrogens is 1. The molecule has 0 radical (unpaired) electrons. The van der Waals surface area contributed by atoms with Crippen LogP contribution in [-0.4, -0.2) is 29.9 Å². The van der Waals surface area contributed by atoms with Gasteiger partial charge in [0.15, 0.2) is 28.3 Å². The molecule has 6 nitrogen and oxygen atoms in total. The lowest BCUT2D eigenvalue weighted by molar-refractivity contribution is 0.0547. The highest BCUT2D eigenvalue weighted by molar-refractivity contribution is 7.18. The van der Waals surface area contributed by atoms with Crippen LogP contribution in [0.25, 0.3) is 11.5 Å². The van der Waals surface area contributed by atoms with Gasteiger partial charge in [-0.3, -0.25) is 14.9 Å². The molecule has 4 rings (SSSR count). The van der Waals surface area contributed by atoms with E-state index in [0.717, 1.165) is 23.5 Å². The quantitative estimate of drug-likeness (QED) is 0.615. The molecule has 0 aliphatic carbocycles. The normalized spacial score (nSPS) is 14.7. The van der Waals surface area contributed by atoms with Gasteiger partial charge < -0.3 is 9.15 Å². The number of amides is 1. The Morgan fingerprint density at radius 2 is 1.93 bits per heavy atom. The molecule has 150 valence electrons. The van der Waals surface area contributed by atoms with Crippen molar-refractivity contribution in [2.24, 2.45) is 5.92 Å². The van der Waals surface area contributed by atoms with E-state index in [4.69, 9.17) is 9.15 Å². The van der Waals surface area contributed by atoms with Crippen molar-refractivity contribution in [2.75, 3.05) is 18.5 Å². The van der Waals surface area contributed by atoms with Gasteiger partial charge in [-0.1, -0.05) is 11.3 Å². The van der Waals surface area contributed by atoms with E-state index in [2.05, 4.69) is 10.3 Å². The van der Waals surface area contributed by atoms with Crippen LogP contribution in [0.2, 0.25) is 0 Å². The first-order chi connectivity index (χ1) is 14.0. The number of carbonyl (C=O) groups is 2. The highest BCUT2D eigenvalue weighted by Gasteiger charge is 2.29. The van der Waals surface area contributed by atoms with Crippen LogP contribution in [0.3, 0.4) is 0 Å². The number of Topliss-reactive ketones (excluding diaryl/α,β-unsaturated/α-hetero) is 1. The standard InChI is InChI=1S/C20H16F2N2O4S/c21-13-4-3-12(10-14(13)22)19(26)24-20-23-16(15-2-1-7-28-15)18(29-20)17(25)11-5-8-27-9-6-11/h1-4,7,10-11H,5-6,8-9H2,(H,23,24,26). The number of nitrogens with one attached hydrogen (secondary N) is 1. The third kappa shape index (κ3) is 4.10. The largest absolute Gasteiger partial charge is 0.463 e. The molecule has 0 spiro atoms. The second-order valence-corrected chi connectivity index (χ2v) is 7.51. The van der Waals surface area contributed by atoms with Crippen LogP contribution < -0.4 is 5.32 Å². The molecule has 0 saturated carbocycles. The molecule has 1 aromatic carbocycles. The minimum Gasteiger partial charge on any atom is -0.463 e. The molecule has 9 heteroatoms. The molecule has 3 aromatic rings. The van der Waals surface area contributed by atoms with Gasteiger partial charge in [-0.15, -0.1) is 0 Å². The molecule has 3 heterocycles. The van der Waals surface area contributed by atoms with Crippen LogP contribution in [0.1, 0.15) is 32.9 Å². The van der Waals surface area contributed by atoms with Crippen molar-refractivity contribution in [2.45, 2.75) is 12.8 Å².